The van der Waals surface area contributed by atoms with Gasteiger partial charge in [-0.2, -0.15) is 0 Å². The minimum absolute atomic E-state index is 0.610. The zero-order valence-corrected chi connectivity index (χ0v) is 4.94. The number of aromatic nitrogens is 1. The van der Waals surface area contributed by atoms with Crippen LogP contribution in [-0.4, -0.2) is 4.98 Å². The van der Waals surface area contributed by atoms with Crippen LogP contribution in [0, 0.1) is 6.92 Å². The second-order valence-corrected chi connectivity index (χ2v) is 1.84. The first kappa shape index (κ1) is 5.38. The van der Waals surface area contributed by atoms with Gasteiger partial charge in [-0.1, -0.05) is 0 Å². The molecule has 1 heterocycles. The monoisotopic (exact) mass is 110 g/mol. The third kappa shape index (κ3) is 0.746. The second-order valence-electron chi connectivity index (χ2n) is 1.84. The number of aryl methyl sites for hydroxylation is 1. The molecule has 0 fully saturated rings. The van der Waals surface area contributed by atoms with Crippen molar-refractivity contribution in [3.05, 3.63) is 23.5 Å². The van der Waals surface area contributed by atoms with Gasteiger partial charge in [-0.05, 0) is 18.6 Å². The number of aromatic amines is 1. The highest BCUT2D eigenvalue weighted by Crippen LogP contribution is 2.01. The van der Waals surface area contributed by atoms with Crippen LogP contribution in [0.2, 0.25) is 0 Å². The predicted molar refractivity (Wildman–Crippen MR) is 33.4 cm³/mol. The van der Waals surface area contributed by atoms with E-state index in [9.17, 15) is 0 Å². The van der Waals surface area contributed by atoms with Crippen molar-refractivity contribution in [1.82, 2.24) is 4.98 Å². The van der Waals surface area contributed by atoms with Crippen molar-refractivity contribution in [1.29, 1.82) is 0 Å². The smallest absolute Gasteiger partial charge is 0.0334 e. The van der Waals surface area contributed by atoms with E-state index in [0.717, 1.165) is 5.69 Å². The maximum atomic E-state index is 5.36. The van der Waals surface area contributed by atoms with Gasteiger partial charge in [0.1, 0.15) is 0 Å². The lowest BCUT2D eigenvalue weighted by atomic mass is 10.3. The third-order valence-corrected chi connectivity index (χ3v) is 1.27. The van der Waals surface area contributed by atoms with E-state index in [2.05, 4.69) is 4.98 Å². The van der Waals surface area contributed by atoms with E-state index in [4.69, 9.17) is 5.73 Å². The van der Waals surface area contributed by atoms with E-state index in [-0.39, 0.29) is 0 Å². The molecule has 0 bridgehead atoms. The van der Waals surface area contributed by atoms with Crippen molar-refractivity contribution < 1.29 is 0 Å². The van der Waals surface area contributed by atoms with Crippen LogP contribution in [0.1, 0.15) is 11.3 Å². The van der Waals surface area contributed by atoms with Crippen LogP contribution in [0.15, 0.2) is 12.3 Å². The standard InChI is InChI=1S/C6H10N2/c1-5-2-3-8-6(5)4-7/h2-3,8H,4,7H2,1H3. The average molecular weight is 110 g/mol. The zero-order chi connectivity index (χ0) is 5.98. The molecule has 0 atom stereocenters. The largest absolute Gasteiger partial charge is 0.364 e. The van der Waals surface area contributed by atoms with E-state index in [1.165, 1.54) is 5.56 Å². The molecule has 2 heteroatoms. The topological polar surface area (TPSA) is 41.8 Å². The Balaban J connectivity index is 2.92. The van der Waals surface area contributed by atoms with Crippen molar-refractivity contribution in [3.63, 3.8) is 0 Å². The molecule has 0 aromatic carbocycles. The average Bonchev–Trinajstić information content (AvgIpc) is 2.14. The summed E-state index contributed by atoms with van der Waals surface area (Å²) in [5, 5.41) is 0. The highest BCUT2D eigenvalue weighted by Gasteiger charge is 1.91. The lowest BCUT2D eigenvalue weighted by molar-refractivity contribution is 0.996. The van der Waals surface area contributed by atoms with Gasteiger partial charge in [0.15, 0.2) is 0 Å². The fourth-order valence-corrected chi connectivity index (χ4v) is 0.702. The SMILES string of the molecule is Cc1cc[nH]c1CN. The summed E-state index contributed by atoms with van der Waals surface area (Å²) in [5.41, 5.74) is 7.74. The summed E-state index contributed by atoms with van der Waals surface area (Å²) < 4.78 is 0. The number of rotatable bonds is 1. The van der Waals surface area contributed by atoms with Crippen molar-refractivity contribution >= 4 is 0 Å². The van der Waals surface area contributed by atoms with Gasteiger partial charge >= 0.3 is 0 Å². The van der Waals surface area contributed by atoms with E-state index in [0.29, 0.717) is 6.54 Å². The van der Waals surface area contributed by atoms with Gasteiger partial charge in [-0.3, -0.25) is 0 Å². The van der Waals surface area contributed by atoms with Crippen LogP contribution in [-0.2, 0) is 6.54 Å². The number of hydrogen-bond acceptors (Lipinski definition) is 1. The highest BCUT2D eigenvalue weighted by molar-refractivity contribution is 5.17. The van der Waals surface area contributed by atoms with Crippen LogP contribution < -0.4 is 5.73 Å². The van der Waals surface area contributed by atoms with Crippen molar-refractivity contribution in [2.24, 2.45) is 5.73 Å². The van der Waals surface area contributed by atoms with Gasteiger partial charge < -0.3 is 10.7 Å². The van der Waals surface area contributed by atoms with Crippen LogP contribution >= 0.6 is 0 Å². The molecule has 0 spiro atoms. The van der Waals surface area contributed by atoms with Gasteiger partial charge in [-0.25, -0.2) is 0 Å². The molecule has 2 nitrogen and oxygen atoms in total. The maximum absolute atomic E-state index is 5.36. The summed E-state index contributed by atoms with van der Waals surface area (Å²) in [4.78, 5) is 3.03. The predicted octanol–water partition coefficient (Wildman–Crippen LogP) is 0.782. The van der Waals surface area contributed by atoms with Crippen molar-refractivity contribution in [3.8, 4) is 0 Å². The van der Waals surface area contributed by atoms with Crippen molar-refractivity contribution in [2.75, 3.05) is 0 Å². The Morgan fingerprint density at radius 2 is 2.50 bits per heavy atom. The van der Waals surface area contributed by atoms with E-state index >= 15 is 0 Å². The van der Waals surface area contributed by atoms with Gasteiger partial charge in [0.05, 0.1) is 0 Å². The fraction of sp³-hybridized carbons (Fsp3) is 0.333. The lowest BCUT2D eigenvalue weighted by Crippen LogP contribution is -1.97. The number of hydrogen-bond donors (Lipinski definition) is 2. The van der Waals surface area contributed by atoms with Crippen LogP contribution in [0.5, 0.6) is 0 Å². The van der Waals surface area contributed by atoms with Crippen molar-refractivity contribution in [2.45, 2.75) is 13.5 Å². The summed E-state index contributed by atoms with van der Waals surface area (Å²) in [6.45, 7) is 2.65. The van der Waals surface area contributed by atoms with E-state index < -0.39 is 0 Å². The Hall–Kier alpha value is -0.760. The summed E-state index contributed by atoms with van der Waals surface area (Å²) in [5.74, 6) is 0. The molecule has 0 radical (unpaired) electrons. The molecule has 44 valence electrons. The highest BCUT2D eigenvalue weighted by atomic mass is 14.7. The Morgan fingerprint density at radius 1 is 1.75 bits per heavy atom. The van der Waals surface area contributed by atoms with E-state index in [1.54, 1.807) is 0 Å². The number of nitrogens with one attached hydrogen (secondary N) is 1. The molecule has 1 aromatic rings. The van der Waals surface area contributed by atoms with Crippen LogP contribution in [0.25, 0.3) is 0 Å². The van der Waals surface area contributed by atoms with Gasteiger partial charge in [0.2, 0.25) is 0 Å². The Kier molecular flexibility index (Phi) is 1.35. The first-order valence-corrected chi connectivity index (χ1v) is 2.67. The molecule has 1 aromatic heterocycles. The van der Waals surface area contributed by atoms with Gasteiger partial charge in [0.25, 0.3) is 0 Å². The molecule has 3 N–H and O–H groups in total. The molecule has 8 heavy (non-hydrogen) atoms. The van der Waals surface area contributed by atoms with Crippen LogP contribution in [0.3, 0.4) is 0 Å². The van der Waals surface area contributed by atoms with E-state index in [1.807, 2.05) is 19.2 Å². The summed E-state index contributed by atoms with van der Waals surface area (Å²) >= 11 is 0. The summed E-state index contributed by atoms with van der Waals surface area (Å²) in [6.07, 6.45) is 1.90. The lowest BCUT2D eigenvalue weighted by Gasteiger charge is -1.89. The third-order valence-electron chi connectivity index (χ3n) is 1.27. The Bertz CT molecular complexity index is 167. The van der Waals surface area contributed by atoms with Gasteiger partial charge in [-0.15, -0.1) is 0 Å². The normalized spacial score (nSPS) is 9.75. The molecule has 0 aliphatic rings. The first-order valence-electron chi connectivity index (χ1n) is 2.67. The molecular weight excluding hydrogens is 100 g/mol. The molecular formula is C6H10N2. The minimum atomic E-state index is 0.610. The number of nitrogens with two attached hydrogens (primary N) is 1. The minimum Gasteiger partial charge on any atom is -0.364 e. The van der Waals surface area contributed by atoms with Crippen LogP contribution in [0.4, 0.5) is 0 Å². The Morgan fingerprint density at radius 3 is 2.75 bits per heavy atom. The molecule has 0 unspecified atom stereocenters. The first-order chi connectivity index (χ1) is 3.84. The van der Waals surface area contributed by atoms with Gasteiger partial charge in [0, 0.05) is 18.4 Å². The second kappa shape index (κ2) is 2.01. The quantitative estimate of drug-likeness (QED) is 0.551. The molecule has 1 rings (SSSR count). The molecule has 0 saturated heterocycles. The molecule has 0 saturated carbocycles. The molecule has 0 amide bonds. The maximum Gasteiger partial charge on any atom is 0.0334 e. The summed E-state index contributed by atoms with van der Waals surface area (Å²) in [6, 6.07) is 2.02. The summed E-state index contributed by atoms with van der Waals surface area (Å²) in [7, 11) is 0. The fourth-order valence-electron chi connectivity index (χ4n) is 0.702. The zero-order valence-electron chi connectivity index (χ0n) is 4.94. The Labute approximate surface area is 48.7 Å². The molecule has 0 aliphatic carbocycles. The molecule has 0 aliphatic heterocycles. The number of H-pyrrole nitrogens is 1.